The summed E-state index contributed by atoms with van der Waals surface area (Å²) < 4.78 is 27.3. The summed E-state index contributed by atoms with van der Waals surface area (Å²) in [5, 5.41) is 13.4. The van der Waals surface area contributed by atoms with Crippen molar-refractivity contribution in [1.82, 2.24) is 14.5 Å². The lowest BCUT2D eigenvalue weighted by atomic mass is 10.2. The third kappa shape index (κ3) is 3.98. The van der Waals surface area contributed by atoms with Gasteiger partial charge in [0, 0.05) is 30.2 Å². The Morgan fingerprint density at radius 1 is 1.07 bits per heavy atom. The predicted molar refractivity (Wildman–Crippen MR) is 114 cm³/mol. The molecule has 7 nitrogen and oxygen atoms in total. The Morgan fingerprint density at radius 3 is 2.57 bits per heavy atom. The molecule has 0 bridgehead atoms. The zero-order valence-corrected chi connectivity index (χ0v) is 17.8. The molecule has 3 aromatic rings. The lowest BCUT2D eigenvalue weighted by Gasteiger charge is -2.25. The van der Waals surface area contributed by atoms with E-state index in [4.69, 9.17) is 0 Å². The van der Waals surface area contributed by atoms with Crippen molar-refractivity contribution in [3.63, 3.8) is 0 Å². The van der Waals surface area contributed by atoms with Crippen LogP contribution in [0.4, 0.5) is 5.13 Å². The summed E-state index contributed by atoms with van der Waals surface area (Å²) >= 11 is 4.07. The van der Waals surface area contributed by atoms with Gasteiger partial charge in [0.2, 0.25) is 15.2 Å². The van der Waals surface area contributed by atoms with Gasteiger partial charge in [0.05, 0.1) is 0 Å². The van der Waals surface area contributed by atoms with Crippen LogP contribution in [-0.2, 0) is 10.0 Å². The van der Waals surface area contributed by atoms with Gasteiger partial charge in [-0.25, -0.2) is 8.42 Å². The Hall–Kier alpha value is -1.79. The highest BCUT2D eigenvalue weighted by molar-refractivity contribution is 7.99. The number of aromatic nitrogens is 2. The molecule has 3 heterocycles. The first-order valence-corrected chi connectivity index (χ1v) is 12.7. The number of carbonyl (C=O) groups excluding carboxylic acids is 1. The quantitative estimate of drug-likeness (QED) is 0.639. The van der Waals surface area contributed by atoms with Gasteiger partial charge in [-0.15, -0.1) is 21.5 Å². The normalized spacial score (nSPS) is 15.4. The average Bonchev–Trinajstić information content (AvgIpc) is 3.39. The fraction of sp³-hybridized carbons (Fsp3) is 0.235. The SMILES string of the molecule is O=C(Nc1nnc(-c2ccccc2)s1)c1sccc1S(=O)(=O)N1CCSCC1. The molecule has 1 saturated heterocycles. The molecular weight excluding hydrogens is 436 g/mol. The van der Waals surface area contributed by atoms with E-state index in [1.807, 2.05) is 30.3 Å². The van der Waals surface area contributed by atoms with E-state index in [-0.39, 0.29) is 9.77 Å². The van der Waals surface area contributed by atoms with Crippen LogP contribution in [0.25, 0.3) is 10.6 Å². The minimum atomic E-state index is -3.69. The molecule has 28 heavy (non-hydrogen) atoms. The summed E-state index contributed by atoms with van der Waals surface area (Å²) in [5.74, 6) is 1.03. The highest BCUT2D eigenvalue weighted by Gasteiger charge is 2.31. The van der Waals surface area contributed by atoms with E-state index >= 15 is 0 Å². The molecule has 0 atom stereocenters. The van der Waals surface area contributed by atoms with Crippen LogP contribution in [0.2, 0.25) is 0 Å². The van der Waals surface area contributed by atoms with Crippen molar-refractivity contribution in [2.45, 2.75) is 4.90 Å². The number of sulfonamides is 1. The van der Waals surface area contributed by atoms with Crippen LogP contribution in [0, 0.1) is 0 Å². The van der Waals surface area contributed by atoms with Crippen molar-refractivity contribution < 1.29 is 13.2 Å². The third-order valence-electron chi connectivity index (χ3n) is 4.09. The molecule has 2 aromatic heterocycles. The van der Waals surface area contributed by atoms with E-state index in [1.54, 1.807) is 17.1 Å². The zero-order valence-electron chi connectivity index (χ0n) is 14.6. The van der Waals surface area contributed by atoms with Gasteiger partial charge in [-0.1, -0.05) is 41.7 Å². The van der Waals surface area contributed by atoms with Gasteiger partial charge in [0.15, 0.2) is 0 Å². The molecule has 11 heteroatoms. The van der Waals surface area contributed by atoms with Crippen LogP contribution < -0.4 is 5.32 Å². The molecule has 0 saturated carbocycles. The largest absolute Gasteiger partial charge is 0.296 e. The second kappa shape index (κ2) is 8.29. The molecule has 146 valence electrons. The summed E-state index contributed by atoms with van der Waals surface area (Å²) in [6.07, 6.45) is 0. The fourth-order valence-electron chi connectivity index (χ4n) is 2.72. The standard InChI is InChI=1S/C17H16N4O3S4/c22-15(18-17-20-19-16(27-17)12-4-2-1-3-5-12)14-13(6-9-26-14)28(23,24)21-7-10-25-11-8-21/h1-6,9H,7-8,10-11H2,(H,18,20,22). The predicted octanol–water partition coefficient (Wildman–Crippen LogP) is 3.26. The van der Waals surface area contributed by atoms with Crippen molar-refractivity contribution >= 4 is 55.5 Å². The summed E-state index contributed by atoms with van der Waals surface area (Å²) in [4.78, 5) is 12.9. The van der Waals surface area contributed by atoms with Crippen LogP contribution in [-0.4, -0.2) is 53.4 Å². The number of carbonyl (C=O) groups is 1. The number of hydrogen-bond donors (Lipinski definition) is 1. The Kier molecular flexibility index (Phi) is 5.78. The molecule has 1 aromatic carbocycles. The molecule has 0 aliphatic carbocycles. The lowest BCUT2D eigenvalue weighted by molar-refractivity contribution is 0.102. The van der Waals surface area contributed by atoms with Gasteiger partial charge in [-0.3, -0.25) is 10.1 Å². The molecule has 1 fully saturated rings. The molecule has 0 unspecified atom stereocenters. The molecule has 4 rings (SSSR count). The van der Waals surface area contributed by atoms with E-state index in [0.29, 0.717) is 23.2 Å². The van der Waals surface area contributed by atoms with Crippen molar-refractivity contribution in [2.24, 2.45) is 0 Å². The number of amides is 1. The molecule has 1 aliphatic rings. The number of thiophene rings is 1. The molecule has 0 radical (unpaired) electrons. The Bertz CT molecular complexity index is 1070. The fourth-order valence-corrected chi connectivity index (χ4v) is 7.33. The van der Waals surface area contributed by atoms with Crippen LogP contribution in [0.3, 0.4) is 0 Å². The smallest absolute Gasteiger partial charge is 0.268 e. The Balaban J connectivity index is 1.54. The van der Waals surface area contributed by atoms with Crippen molar-refractivity contribution in [2.75, 3.05) is 29.9 Å². The monoisotopic (exact) mass is 452 g/mol. The van der Waals surface area contributed by atoms with E-state index in [9.17, 15) is 13.2 Å². The van der Waals surface area contributed by atoms with Crippen molar-refractivity contribution in [3.05, 3.63) is 46.7 Å². The maximum Gasteiger partial charge on any atom is 0.268 e. The molecular formula is C17H16N4O3S4. The number of hydrogen-bond acceptors (Lipinski definition) is 8. The molecule has 1 aliphatic heterocycles. The minimum absolute atomic E-state index is 0.0506. The third-order valence-corrected chi connectivity index (χ3v) is 8.90. The zero-order chi connectivity index (χ0) is 19.6. The Labute approximate surface area is 174 Å². The summed E-state index contributed by atoms with van der Waals surface area (Å²) in [5.41, 5.74) is 0.905. The highest BCUT2D eigenvalue weighted by atomic mass is 32.2. The topological polar surface area (TPSA) is 92.3 Å². The number of nitrogens with one attached hydrogen (secondary N) is 1. The summed E-state index contributed by atoms with van der Waals surface area (Å²) in [6, 6.07) is 11.0. The summed E-state index contributed by atoms with van der Waals surface area (Å²) in [7, 11) is -3.69. The lowest BCUT2D eigenvalue weighted by Crippen LogP contribution is -2.38. The second-order valence-corrected chi connectivity index (χ2v) is 10.9. The van der Waals surface area contributed by atoms with Crippen molar-refractivity contribution in [3.8, 4) is 10.6 Å². The second-order valence-electron chi connectivity index (χ2n) is 5.86. The van der Waals surface area contributed by atoms with E-state index in [2.05, 4.69) is 15.5 Å². The first kappa shape index (κ1) is 19.5. The highest BCUT2D eigenvalue weighted by Crippen LogP contribution is 2.30. The molecule has 0 spiro atoms. The average molecular weight is 453 g/mol. The van der Waals surface area contributed by atoms with Gasteiger partial charge >= 0.3 is 0 Å². The first-order chi connectivity index (χ1) is 13.6. The van der Waals surface area contributed by atoms with Crippen LogP contribution in [0.5, 0.6) is 0 Å². The van der Waals surface area contributed by atoms with Gasteiger partial charge in [-0.2, -0.15) is 16.1 Å². The van der Waals surface area contributed by atoms with Crippen molar-refractivity contribution in [1.29, 1.82) is 0 Å². The van der Waals surface area contributed by atoms with Crippen LogP contribution in [0.1, 0.15) is 9.67 Å². The number of anilines is 1. The first-order valence-electron chi connectivity index (χ1n) is 8.41. The maximum atomic E-state index is 12.9. The van der Waals surface area contributed by atoms with Gasteiger partial charge in [0.25, 0.3) is 5.91 Å². The van der Waals surface area contributed by atoms with Crippen LogP contribution >= 0.6 is 34.4 Å². The molecule has 1 amide bonds. The number of benzene rings is 1. The maximum absolute atomic E-state index is 12.9. The minimum Gasteiger partial charge on any atom is -0.296 e. The van der Waals surface area contributed by atoms with Gasteiger partial charge in [0.1, 0.15) is 14.8 Å². The number of thioether (sulfide) groups is 1. The van der Waals surface area contributed by atoms with Crippen LogP contribution in [0.15, 0.2) is 46.7 Å². The summed E-state index contributed by atoms with van der Waals surface area (Å²) in [6.45, 7) is 0.918. The Morgan fingerprint density at radius 2 is 1.82 bits per heavy atom. The van der Waals surface area contributed by atoms with Gasteiger partial charge < -0.3 is 0 Å². The van der Waals surface area contributed by atoms with E-state index < -0.39 is 15.9 Å². The molecule has 1 N–H and O–H groups in total. The number of nitrogens with zero attached hydrogens (tertiary/aromatic N) is 3. The van der Waals surface area contributed by atoms with Gasteiger partial charge in [-0.05, 0) is 11.4 Å². The van der Waals surface area contributed by atoms with E-state index in [0.717, 1.165) is 28.4 Å². The van der Waals surface area contributed by atoms with E-state index in [1.165, 1.54) is 21.7 Å². The number of rotatable bonds is 5.